The Morgan fingerprint density at radius 3 is 2.41 bits per heavy atom. The molecule has 1 aromatic carbocycles. The number of amides is 2. The van der Waals surface area contributed by atoms with Gasteiger partial charge in [0.25, 0.3) is 5.91 Å². The third-order valence-corrected chi connectivity index (χ3v) is 3.35. The molecule has 0 aromatic heterocycles. The fraction of sp³-hybridized carbons (Fsp3) is 0.529. The second kappa shape index (κ2) is 9.95. The Labute approximate surface area is 132 Å². The van der Waals surface area contributed by atoms with E-state index in [2.05, 4.69) is 5.32 Å². The quantitative estimate of drug-likeness (QED) is 0.709. The van der Waals surface area contributed by atoms with Crippen LogP contribution in [0.25, 0.3) is 0 Å². The summed E-state index contributed by atoms with van der Waals surface area (Å²) in [6.07, 6.45) is 3.03. The van der Waals surface area contributed by atoms with Crippen LogP contribution >= 0.6 is 0 Å². The largest absolute Gasteiger partial charge is 0.385 e. The highest BCUT2D eigenvalue weighted by molar-refractivity contribution is 5.93. The molecule has 122 valence electrons. The van der Waals surface area contributed by atoms with Gasteiger partial charge in [0.2, 0.25) is 5.91 Å². The van der Waals surface area contributed by atoms with Gasteiger partial charge in [0.15, 0.2) is 0 Å². The minimum atomic E-state index is -0.0136. The number of aryl methyl sites for hydroxylation is 1. The highest BCUT2D eigenvalue weighted by Gasteiger charge is 2.07. The van der Waals surface area contributed by atoms with E-state index in [0.29, 0.717) is 24.9 Å². The Morgan fingerprint density at radius 2 is 1.82 bits per heavy atom. The summed E-state index contributed by atoms with van der Waals surface area (Å²) in [5, 5.41) is 2.90. The van der Waals surface area contributed by atoms with Crippen molar-refractivity contribution in [3.63, 3.8) is 0 Å². The topological polar surface area (TPSA) is 58.6 Å². The Morgan fingerprint density at radius 1 is 1.14 bits per heavy atom. The van der Waals surface area contributed by atoms with Gasteiger partial charge in [-0.25, -0.2) is 0 Å². The summed E-state index contributed by atoms with van der Waals surface area (Å²) in [4.78, 5) is 25.0. The molecule has 5 heteroatoms. The predicted octanol–water partition coefficient (Wildman–Crippen LogP) is 1.86. The van der Waals surface area contributed by atoms with Gasteiger partial charge in [0, 0.05) is 46.3 Å². The molecule has 5 nitrogen and oxygen atoms in total. The fourth-order valence-electron chi connectivity index (χ4n) is 2.02. The monoisotopic (exact) mass is 306 g/mol. The van der Waals surface area contributed by atoms with Gasteiger partial charge in [0.05, 0.1) is 0 Å². The molecule has 0 aliphatic rings. The lowest BCUT2D eigenvalue weighted by Gasteiger charge is -2.10. The van der Waals surface area contributed by atoms with E-state index in [4.69, 9.17) is 4.74 Å². The maximum Gasteiger partial charge on any atom is 0.253 e. The number of carbonyl (C=O) groups is 2. The number of ether oxygens (including phenoxy) is 1. The number of hydrogen-bond acceptors (Lipinski definition) is 3. The number of methoxy groups -OCH3 is 1. The van der Waals surface area contributed by atoms with Gasteiger partial charge in [-0.3, -0.25) is 9.59 Å². The first kappa shape index (κ1) is 18.2. The molecule has 0 saturated carbocycles. The highest BCUT2D eigenvalue weighted by Crippen LogP contribution is 2.08. The van der Waals surface area contributed by atoms with Crippen LogP contribution in [-0.2, 0) is 16.0 Å². The van der Waals surface area contributed by atoms with E-state index in [9.17, 15) is 9.59 Å². The first-order chi connectivity index (χ1) is 10.5. The van der Waals surface area contributed by atoms with Crippen LogP contribution in [0.5, 0.6) is 0 Å². The molecule has 0 heterocycles. The van der Waals surface area contributed by atoms with E-state index < -0.39 is 0 Å². The van der Waals surface area contributed by atoms with Crippen LogP contribution < -0.4 is 5.32 Å². The molecule has 0 fully saturated rings. The Kier molecular flexibility index (Phi) is 8.22. The standard InChI is InChI=1S/C17H26N2O3/c1-19(2)17(21)15-9-6-14(7-10-15)8-11-16(20)18-12-4-5-13-22-3/h6-7,9-10H,4-5,8,11-13H2,1-3H3,(H,18,20). The second-order valence-corrected chi connectivity index (χ2v) is 5.45. The molecule has 0 atom stereocenters. The number of hydrogen-bond donors (Lipinski definition) is 1. The first-order valence-electron chi connectivity index (χ1n) is 7.61. The van der Waals surface area contributed by atoms with Crippen molar-refractivity contribution in [2.24, 2.45) is 0 Å². The molecular formula is C17H26N2O3. The van der Waals surface area contributed by atoms with Crippen LogP contribution in [0.2, 0.25) is 0 Å². The normalized spacial score (nSPS) is 10.3. The lowest BCUT2D eigenvalue weighted by molar-refractivity contribution is -0.121. The Balaban J connectivity index is 2.29. The SMILES string of the molecule is COCCCCNC(=O)CCc1ccc(C(=O)N(C)C)cc1. The summed E-state index contributed by atoms with van der Waals surface area (Å²) in [5.41, 5.74) is 1.72. The first-order valence-corrected chi connectivity index (χ1v) is 7.61. The van der Waals surface area contributed by atoms with Crippen LogP contribution in [0.1, 0.15) is 35.2 Å². The zero-order chi connectivity index (χ0) is 16.4. The molecule has 0 unspecified atom stereocenters. The van der Waals surface area contributed by atoms with Crippen molar-refractivity contribution < 1.29 is 14.3 Å². The Bertz CT molecular complexity index is 469. The van der Waals surface area contributed by atoms with Crippen molar-refractivity contribution in [3.8, 4) is 0 Å². The van der Waals surface area contributed by atoms with Gasteiger partial charge < -0.3 is 15.0 Å². The van der Waals surface area contributed by atoms with E-state index in [0.717, 1.165) is 25.0 Å². The van der Waals surface area contributed by atoms with Gasteiger partial charge in [0.1, 0.15) is 0 Å². The summed E-state index contributed by atoms with van der Waals surface area (Å²) in [6.45, 7) is 1.42. The molecule has 0 aliphatic heterocycles. The Hall–Kier alpha value is -1.88. The molecule has 2 amide bonds. The predicted molar refractivity (Wildman–Crippen MR) is 86.9 cm³/mol. The average Bonchev–Trinajstić information content (AvgIpc) is 2.52. The number of benzene rings is 1. The van der Waals surface area contributed by atoms with Crippen LogP contribution in [0.4, 0.5) is 0 Å². The number of carbonyl (C=O) groups excluding carboxylic acids is 2. The van der Waals surface area contributed by atoms with E-state index in [1.54, 1.807) is 38.2 Å². The van der Waals surface area contributed by atoms with Gasteiger partial charge in [-0.2, -0.15) is 0 Å². The van der Waals surface area contributed by atoms with Crippen molar-refractivity contribution in [2.45, 2.75) is 25.7 Å². The van der Waals surface area contributed by atoms with Gasteiger partial charge in [-0.15, -0.1) is 0 Å². The molecule has 1 aromatic rings. The summed E-state index contributed by atoms with van der Waals surface area (Å²) in [6, 6.07) is 7.42. The second-order valence-electron chi connectivity index (χ2n) is 5.45. The summed E-state index contributed by atoms with van der Waals surface area (Å²) in [5.74, 6) is 0.0474. The molecular weight excluding hydrogens is 280 g/mol. The van der Waals surface area contributed by atoms with E-state index >= 15 is 0 Å². The summed E-state index contributed by atoms with van der Waals surface area (Å²) < 4.78 is 4.96. The van der Waals surface area contributed by atoms with Crippen LogP contribution in [0.3, 0.4) is 0 Å². The van der Waals surface area contributed by atoms with Crippen molar-refractivity contribution in [1.29, 1.82) is 0 Å². The van der Waals surface area contributed by atoms with Crippen molar-refractivity contribution in [2.75, 3.05) is 34.4 Å². The zero-order valence-electron chi connectivity index (χ0n) is 13.7. The number of unbranched alkanes of at least 4 members (excludes halogenated alkanes) is 1. The minimum Gasteiger partial charge on any atom is -0.385 e. The van der Waals surface area contributed by atoms with Crippen LogP contribution in [0, 0.1) is 0 Å². The third-order valence-electron chi connectivity index (χ3n) is 3.35. The van der Waals surface area contributed by atoms with E-state index in [-0.39, 0.29) is 11.8 Å². The lowest BCUT2D eigenvalue weighted by atomic mass is 10.1. The van der Waals surface area contributed by atoms with Crippen molar-refractivity contribution in [1.82, 2.24) is 10.2 Å². The molecule has 0 saturated heterocycles. The van der Waals surface area contributed by atoms with E-state index in [1.807, 2.05) is 12.1 Å². The summed E-state index contributed by atoms with van der Waals surface area (Å²) >= 11 is 0. The average molecular weight is 306 g/mol. The smallest absolute Gasteiger partial charge is 0.253 e. The number of rotatable bonds is 9. The van der Waals surface area contributed by atoms with Crippen molar-refractivity contribution in [3.05, 3.63) is 35.4 Å². The maximum absolute atomic E-state index is 11.8. The molecule has 0 bridgehead atoms. The zero-order valence-corrected chi connectivity index (χ0v) is 13.7. The number of nitrogens with one attached hydrogen (secondary N) is 1. The maximum atomic E-state index is 11.8. The summed E-state index contributed by atoms with van der Waals surface area (Å²) in [7, 11) is 5.14. The molecule has 0 radical (unpaired) electrons. The number of nitrogens with zero attached hydrogens (tertiary/aromatic N) is 1. The van der Waals surface area contributed by atoms with Gasteiger partial charge >= 0.3 is 0 Å². The van der Waals surface area contributed by atoms with Gasteiger partial charge in [-0.05, 0) is 37.0 Å². The van der Waals surface area contributed by atoms with E-state index in [1.165, 1.54) is 0 Å². The molecule has 0 spiro atoms. The lowest BCUT2D eigenvalue weighted by Crippen LogP contribution is -2.24. The van der Waals surface area contributed by atoms with Crippen LogP contribution in [0.15, 0.2) is 24.3 Å². The van der Waals surface area contributed by atoms with Crippen LogP contribution in [-0.4, -0.2) is 51.1 Å². The highest BCUT2D eigenvalue weighted by atomic mass is 16.5. The molecule has 0 aliphatic carbocycles. The molecule has 22 heavy (non-hydrogen) atoms. The molecule has 1 rings (SSSR count). The third kappa shape index (κ3) is 6.72. The van der Waals surface area contributed by atoms with Gasteiger partial charge in [-0.1, -0.05) is 12.1 Å². The minimum absolute atomic E-state index is 0.0136. The molecule has 1 N–H and O–H groups in total. The van der Waals surface area contributed by atoms with Crippen molar-refractivity contribution >= 4 is 11.8 Å². The fourth-order valence-corrected chi connectivity index (χ4v) is 2.02.